The molecule has 41 heavy (non-hydrogen) atoms. The number of aromatic nitrogens is 1. The molecule has 1 aromatic heterocycles. The Morgan fingerprint density at radius 1 is 0.854 bits per heavy atom. The van der Waals surface area contributed by atoms with E-state index < -0.39 is 0 Å². The number of esters is 1. The highest BCUT2D eigenvalue weighted by molar-refractivity contribution is 6.34. The van der Waals surface area contributed by atoms with E-state index in [2.05, 4.69) is 4.98 Å². The van der Waals surface area contributed by atoms with Crippen molar-refractivity contribution in [3.63, 3.8) is 0 Å². The number of benzene rings is 4. The second-order valence-corrected chi connectivity index (χ2v) is 10.6. The molecule has 1 fully saturated rings. The van der Waals surface area contributed by atoms with E-state index >= 15 is 0 Å². The maximum Gasteiger partial charge on any atom is 0.310 e. The fourth-order valence-electron chi connectivity index (χ4n) is 5.26. The van der Waals surface area contributed by atoms with Crippen molar-refractivity contribution in [1.82, 2.24) is 4.98 Å². The Labute approximate surface area is 242 Å². The number of rotatable bonds is 6. The van der Waals surface area contributed by atoms with Crippen LogP contribution in [0.3, 0.4) is 0 Å². The number of hydrogen-bond donors (Lipinski definition) is 2. The van der Waals surface area contributed by atoms with Crippen LogP contribution < -0.4 is 5.56 Å². The number of aromatic hydroxyl groups is 1. The van der Waals surface area contributed by atoms with Crippen molar-refractivity contribution in [2.45, 2.75) is 25.4 Å². The minimum Gasteiger partial charge on any atom is -0.507 e. The predicted octanol–water partition coefficient (Wildman–Crippen LogP) is 7.15. The summed E-state index contributed by atoms with van der Waals surface area (Å²) in [5.74, 6) is -0.138. The molecule has 0 unspecified atom stereocenters. The third-order valence-electron chi connectivity index (χ3n) is 7.38. The molecule has 1 aliphatic rings. The van der Waals surface area contributed by atoms with Crippen molar-refractivity contribution < 1.29 is 19.4 Å². The predicted molar refractivity (Wildman–Crippen MR) is 161 cm³/mol. The molecule has 0 atom stereocenters. The monoisotopic (exact) mass is 565 g/mol. The fourth-order valence-corrected chi connectivity index (χ4v) is 5.53. The Kier molecular flexibility index (Phi) is 7.59. The van der Waals surface area contributed by atoms with Gasteiger partial charge in [0, 0.05) is 35.0 Å². The average Bonchev–Trinajstić information content (AvgIpc) is 2.97. The summed E-state index contributed by atoms with van der Waals surface area (Å²) in [4.78, 5) is 28.6. The summed E-state index contributed by atoms with van der Waals surface area (Å²) in [5.41, 5.74) is 5.44. The number of phenols is 1. The molecule has 2 N–H and O–H groups in total. The molecule has 0 radical (unpaired) electrons. The Hall–Kier alpha value is -4.39. The van der Waals surface area contributed by atoms with Gasteiger partial charge in [-0.1, -0.05) is 78.3 Å². The van der Waals surface area contributed by atoms with E-state index in [4.69, 9.17) is 21.1 Å². The third kappa shape index (κ3) is 5.89. The van der Waals surface area contributed by atoms with Crippen molar-refractivity contribution in [1.29, 1.82) is 0 Å². The normalized spacial score (nSPS) is 13.8. The largest absolute Gasteiger partial charge is 0.507 e. The van der Waals surface area contributed by atoms with Gasteiger partial charge in [-0.3, -0.25) is 9.59 Å². The molecule has 0 bridgehead atoms. The fraction of sp³-hybridized carbons (Fsp3) is 0.176. The van der Waals surface area contributed by atoms with Gasteiger partial charge in [-0.25, -0.2) is 0 Å². The molecule has 1 aliphatic heterocycles. The number of phenolic OH excluding ortho intramolecular Hbond substituents is 1. The van der Waals surface area contributed by atoms with E-state index in [9.17, 15) is 14.7 Å². The Bertz CT molecular complexity index is 1790. The molecule has 6 rings (SSSR count). The van der Waals surface area contributed by atoms with Crippen LogP contribution in [0.1, 0.15) is 18.4 Å². The molecule has 5 aromatic rings. The van der Waals surface area contributed by atoms with Crippen LogP contribution >= 0.6 is 11.6 Å². The maximum atomic E-state index is 13.1. The molecular weight excluding hydrogens is 538 g/mol. The van der Waals surface area contributed by atoms with E-state index in [0.29, 0.717) is 47.7 Å². The van der Waals surface area contributed by atoms with Crippen molar-refractivity contribution in [3.8, 4) is 39.1 Å². The van der Waals surface area contributed by atoms with Gasteiger partial charge in [0.2, 0.25) is 0 Å². The van der Waals surface area contributed by atoms with Crippen LogP contribution in [0.5, 0.6) is 5.75 Å². The summed E-state index contributed by atoms with van der Waals surface area (Å²) in [5, 5.41) is 12.0. The van der Waals surface area contributed by atoms with Crippen molar-refractivity contribution in [2.75, 3.05) is 13.2 Å². The molecule has 0 saturated carbocycles. The van der Waals surface area contributed by atoms with Gasteiger partial charge in [0.05, 0.1) is 24.7 Å². The lowest BCUT2D eigenvalue weighted by Gasteiger charge is -2.22. The van der Waals surface area contributed by atoms with Gasteiger partial charge < -0.3 is 19.6 Å². The smallest absolute Gasteiger partial charge is 0.310 e. The summed E-state index contributed by atoms with van der Waals surface area (Å²) < 4.78 is 10.9. The molecular formula is C34H28ClNO5. The number of nitrogens with one attached hydrogen (secondary N) is 1. The Balaban J connectivity index is 1.30. The molecule has 6 nitrogen and oxygen atoms in total. The first-order chi connectivity index (χ1) is 19.9. The van der Waals surface area contributed by atoms with Gasteiger partial charge in [0.1, 0.15) is 11.9 Å². The second-order valence-electron chi connectivity index (χ2n) is 10.2. The maximum absolute atomic E-state index is 13.1. The van der Waals surface area contributed by atoms with Gasteiger partial charge in [-0.05, 0) is 51.9 Å². The van der Waals surface area contributed by atoms with Gasteiger partial charge in [0.15, 0.2) is 0 Å². The Morgan fingerprint density at radius 3 is 2.37 bits per heavy atom. The minimum absolute atomic E-state index is 0.111. The highest BCUT2D eigenvalue weighted by Gasteiger charge is 2.19. The lowest BCUT2D eigenvalue weighted by atomic mass is 9.97. The van der Waals surface area contributed by atoms with Crippen LogP contribution in [0.4, 0.5) is 0 Å². The third-order valence-corrected chi connectivity index (χ3v) is 7.69. The number of aromatic amines is 1. The SMILES string of the molecule is O=C(Cc1cccc(-c2cc3cc(-c4ccc(-c5ccccc5)c(O)c4)c(Cl)cc3[nH]c2=O)c1)OC1CCOCC1. The summed E-state index contributed by atoms with van der Waals surface area (Å²) in [6, 6.07) is 28.0. The number of pyridine rings is 1. The molecule has 206 valence electrons. The highest BCUT2D eigenvalue weighted by Crippen LogP contribution is 2.37. The zero-order valence-corrected chi connectivity index (χ0v) is 23.0. The number of halogens is 1. The summed E-state index contributed by atoms with van der Waals surface area (Å²) in [6.45, 7) is 1.20. The first kappa shape index (κ1) is 26.8. The van der Waals surface area contributed by atoms with Gasteiger partial charge in [-0.2, -0.15) is 0 Å². The quantitative estimate of drug-likeness (QED) is 0.213. The summed E-state index contributed by atoms with van der Waals surface area (Å²) in [6.07, 6.45) is 1.43. The first-order valence-corrected chi connectivity index (χ1v) is 13.9. The number of fused-ring (bicyclic) bond motifs is 1. The highest BCUT2D eigenvalue weighted by atomic mass is 35.5. The van der Waals surface area contributed by atoms with E-state index in [0.717, 1.165) is 33.2 Å². The second kappa shape index (κ2) is 11.6. The zero-order chi connectivity index (χ0) is 28.3. The molecule has 1 saturated heterocycles. The standard InChI is InChI=1S/C34H28ClNO5/c35-30-20-31-25(17-28(30)24-9-10-27(32(37)19-24)22-6-2-1-3-7-22)18-29(34(39)36-31)23-8-4-5-21(15-23)16-33(38)41-26-11-13-40-14-12-26/h1-10,15,17-20,26,37H,11-14,16H2,(H,36,39). The van der Waals surface area contributed by atoms with Gasteiger partial charge >= 0.3 is 5.97 Å². The molecule has 0 spiro atoms. The number of carbonyl (C=O) groups excluding carboxylic acids is 1. The number of ether oxygens (including phenoxy) is 2. The van der Waals surface area contributed by atoms with E-state index in [1.165, 1.54) is 0 Å². The summed E-state index contributed by atoms with van der Waals surface area (Å²) >= 11 is 6.64. The first-order valence-electron chi connectivity index (χ1n) is 13.6. The van der Waals surface area contributed by atoms with E-state index in [1.54, 1.807) is 12.1 Å². The molecule has 0 aliphatic carbocycles. The lowest BCUT2D eigenvalue weighted by molar-refractivity contribution is -0.152. The van der Waals surface area contributed by atoms with Crippen molar-refractivity contribution in [3.05, 3.63) is 112 Å². The van der Waals surface area contributed by atoms with Crippen molar-refractivity contribution in [2.24, 2.45) is 0 Å². The van der Waals surface area contributed by atoms with Crippen LogP contribution in [0, 0.1) is 0 Å². The van der Waals surface area contributed by atoms with Crippen LogP contribution in [-0.2, 0) is 20.7 Å². The topological polar surface area (TPSA) is 88.6 Å². The molecule has 0 amide bonds. The van der Waals surface area contributed by atoms with Crippen LogP contribution in [-0.4, -0.2) is 35.4 Å². The van der Waals surface area contributed by atoms with Gasteiger partial charge in [-0.15, -0.1) is 0 Å². The molecule has 4 aromatic carbocycles. The minimum atomic E-state index is -0.290. The zero-order valence-electron chi connectivity index (χ0n) is 22.2. The van der Waals surface area contributed by atoms with Crippen LogP contribution in [0.15, 0.2) is 95.8 Å². The number of carbonyl (C=O) groups is 1. The lowest BCUT2D eigenvalue weighted by Crippen LogP contribution is -2.26. The van der Waals surface area contributed by atoms with Gasteiger partial charge in [0.25, 0.3) is 5.56 Å². The van der Waals surface area contributed by atoms with Crippen LogP contribution in [0.2, 0.25) is 5.02 Å². The van der Waals surface area contributed by atoms with E-state index in [-0.39, 0.29) is 29.8 Å². The number of H-pyrrole nitrogens is 1. The van der Waals surface area contributed by atoms with Crippen molar-refractivity contribution >= 4 is 28.5 Å². The summed E-state index contributed by atoms with van der Waals surface area (Å²) in [7, 11) is 0. The average molecular weight is 566 g/mol. The number of hydrogen-bond acceptors (Lipinski definition) is 5. The van der Waals surface area contributed by atoms with Crippen LogP contribution in [0.25, 0.3) is 44.3 Å². The Morgan fingerprint density at radius 2 is 1.59 bits per heavy atom. The molecule has 7 heteroatoms. The van der Waals surface area contributed by atoms with E-state index in [1.807, 2.05) is 78.9 Å². The molecule has 2 heterocycles.